The van der Waals surface area contributed by atoms with Crippen LogP contribution in [0.5, 0.6) is 0 Å². The lowest BCUT2D eigenvalue weighted by molar-refractivity contribution is 0.669. The largest absolute Gasteiger partial charge is 0.456 e. The minimum absolute atomic E-state index is 0.694. The van der Waals surface area contributed by atoms with Gasteiger partial charge in [-0.2, -0.15) is 0 Å². The standard InChI is InChI=1S/C54H32N4O/c1-2-13-34(14-3-1)51-43-18-6-9-19-46(43)55-54(56-51)35-23-25-37(26-24-35)57-48-32-50-45(40-17-8-11-21-49(40)59-50)31-44(48)42-29-28-41-39-16-7-10-20-47(39)58(52(41)53(42)57)38-27-22-33-12-4-5-15-36(33)30-38/h1-32H. The molecule has 9 aromatic carbocycles. The molecule has 0 radical (unpaired) electrons. The van der Waals surface area contributed by atoms with Crippen LogP contribution in [0.4, 0.5) is 0 Å². The third-order valence-electron chi connectivity index (χ3n) is 12.1. The summed E-state index contributed by atoms with van der Waals surface area (Å²) in [5, 5.41) is 10.5. The van der Waals surface area contributed by atoms with Crippen LogP contribution in [0.15, 0.2) is 199 Å². The molecule has 0 saturated heterocycles. The van der Waals surface area contributed by atoms with Gasteiger partial charge in [-0.3, -0.25) is 0 Å². The third-order valence-corrected chi connectivity index (χ3v) is 12.1. The van der Waals surface area contributed by atoms with Gasteiger partial charge in [0.2, 0.25) is 0 Å². The first kappa shape index (κ1) is 32.1. The van der Waals surface area contributed by atoms with Crippen molar-refractivity contribution in [2.45, 2.75) is 0 Å². The molecule has 0 unspecified atom stereocenters. The highest BCUT2D eigenvalue weighted by molar-refractivity contribution is 6.26. The normalized spacial score (nSPS) is 12.1. The minimum atomic E-state index is 0.694. The van der Waals surface area contributed by atoms with Gasteiger partial charge in [0, 0.05) is 66.3 Å². The first-order valence-corrected chi connectivity index (χ1v) is 20.0. The van der Waals surface area contributed by atoms with Gasteiger partial charge in [-0.25, -0.2) is 9.97 Å². The van der Waals surface area contributed by atoms with E-state index in [0.717, 1.165) is 77.6 Å². The molecule has 0 aliphatic carbocycles. The summed E-state index contributed by atoms with van der Waals surface area (Å²) < 4.78 is 11.4. The summed E-state index contributed by atoms with van der Waals surface area (Å²) in [7, 11) is 0. The Kier molecular flexibility index (Phi) is 6.66. The van der Waals surface area contributed by atoms with Gasteiger partial charge in [0.05, 0.1) is 33.3 Å². The minimum Gasteiger partial charge on any atom is -0.456 e. The van der Waals surface area contributed by atoms with Gasteiger partial charge in [-0.1, -0.05) is 127 Å². The zero-order chi connectivity index (χ0) is 38.6. The molecule has 13 rings (SSSR count). The molecule has 4 aromatic heterocycles. The molecular weight excluding hydrogens is 721 g/mol. The van der Waals surface area contributed by atoms with E-state index in [1.807, 2.05) is 24.3 Å². The maximum Gasteiger partial charge on any atom is 0.160 e. The number of nitrogens with zero attached hydrogens (tertiary/aromatic N) is 4. The Bertz CT molecular complexity index is 3830. The summed E-state index contributed by atoms with van der Waals surface area (Å²) in [4.78, 5) is 10.3. The van der Waals surface area contributed by atoms with E-state index < -0.39 is 0 Å². The van der Waals surface area contributed by atoms with Crippen molar-refractivity contribution in [3.05, 3.63) is 194 Å². The summed E-state index contributed by atoms with van der Waals surface area (Å²) in [5.41, 5.74) is 12.3. The predicted molar refractivity (Wildman–Crippen MR) is 244 cm³/mol. The molecule has 5 heteroatoms. The third kappa shape index (κ3) is 4.73. The second-order valence-electron chi connectivity index (χ2n) is 15.4. The fraction of sp³-hybridized carbons (Fsp3) is 0. The Morgan fingerprint density at radius 1 is 0.356 bits per heavy atom. The molecule has 0 aliphatic heterocycles. The Labute approximate surface area is 337 Å². The van der Waals surface area contributed by atoms with E-state index in [0.29, 0.717) is 5.82 Å². The fourth-order valence-electron chi connectivity index (χ4n) is 9.40. The molecule has 0 N–H and O–H groups in total. The Balaban J connectivity index is 1.11. The monoisotopic (exact) mass is 752 g/mol. The van der Waals surface area contributed by atoms with Gasteiger partial charge >= 0.3 is 0 Å². The van der Waals surface area contributed by atoms with E-state index >= 15 is 0 Å². The molecule has 4 heterocycles. The van der Waals surface area contributed by atoms with E-state index in [1.54, 1.807) is 0 Å². The molecule has 0 saturated carbocycles. The number of para-hydroxylation sites is 3. The summed E-state index contributed by atoms with van der Waals surface area (Å²) >= 11 is 0. The summed E-state index contributed by atoms with van der Waals surface area (Å²) in [6.07, 6.45) is 0. The summed E-state index contributed by atoms with van der Waals surface area (Å²) in [6.45, 7) is 0. The Morgan fingerprint density at radius 3 is 1.86 bits per heavy atom. The first-order chi connectivity index (χ1) is 29.2. The van der Waals surface area contributed by atoms with E-state index in [2.05, 4.69) is 179 Å². The summed E-state index contributed by atoms with van der Waals surface area (Å²) in [6, 6.07) is 69.0. The second kappa shape index (κ2) is 12.2. The SMILES string of the molecule is c1ccc(-c2nc(-c3ccc(-n4c5cc6oc7ccccc7c6cc5c5ccc6c7ccccc7n(-c7ccc8ccccc8c7)c6c54)cc3)nc3ccccc23)cc1. The van der Waals surface area contributed by atoms with Crippen LogP contribution in [0.25, 0.3) is 121 Å². The molecule has 274 valence electrons. The first-order valence-electron chi connectivity index (χ1n) is 20.0. The van der Waals surface area contributed by atoms with Gasteiger partial charge in [-0.15, -0.1) is 0 Å². The lowest BCUT2D eigenvalue weighted by Gasteiger charge is -2.14. The molecule has 0 amide bonds. The van der Waals surface area contributed by atoms with Crippen molar-refractivity contribution in [3.63, 3.8) is 0 Å². The zero-order valence-corrected chi connectivity index (χ0v) is 31.7. The van der Waals surface area contributed by atoms with Crippen LogP contribution in [0.2, 0.25) is 0 Å². The van der Waals surface area contributed by atoms with Gasteiger partial charge in [-0.05, 0) is 71.4 Å². The van der Waals surface area contributed by atoms with E-state index in [-0.39, 0.29) is 0 Å². The molecule has 0 spiro atoms. The molecule has 0 atom stereocenters. The number of fused-ring (bicyclic) bond motifs is 12. The highest BCUT2D eigenvalue weighted by Gasteiger charge is 2.23. The van der Waals surface area contributed by atoms with Crippen LogP contribution in [0, 0.1) is 0 Å². The average molecular weight is 753 g/mol. The number of benzene rings is 9. The molecule has 5 nitrogen and oxygen atoms in total. The van der Waals surface area contributed by atoms with E-state index in [9.17, 15) is 0 Å². The van der Waals surface area contributed by atoms with Crippen molar-refractivity contribution in [2.75, 3.05) is 0 Å². The molecule has 0 fully saturated rings. The average Bonchev–Trinajstić information content (AvgIpc) is 3.95. The number of aromatic nitrogens is 4. The smallest absolute Gasteiger partial charge is 0.160 e. The maximum absolute atomic E-state index is 6.54. The number of rotatable bonds is 4. The van der Waals surface area contributed by atoms with Crippen molar-refractivity contribution in [1.82, 2.24) is 19.1 Å². The summed E-state index contributed by atoms with van der Waals surface area (Å²) in [5.74, 6) is 0.694. The van der Waals surface area contributed by atoms with Crippen molar-refractivity contribution in [1.29, 1.82) is 0 Å². The molecule has 13 aromatic rings. The second-order valence-corrected chi connectivity index (χ2v) is 15.4. The predicted octanol–water partition coefficient (Wildman–Crippen LogP) is 14.2. The Morgan fingerprint density at radius 2 is 1.02 bits per heavy atom. The van der Waals surface area contributed by atoms with Crippen molar-refractivity contribution >= 4 is 87.2 Å². The van der Waals surface area contributed by atoms with Crippen molar-refractivity contribution in [3.8, 4) is 34.0 Å². The highest BCUT2D eigenvalue weighted by Crippen LogP contribution is 2.44. The lowest BCUT2D eigenvalue weighted by Crippen LogP contribution is -1.99. The molecule has 0 bridgehead atoms. The van der Waals surface area contributed by atoms with Crippen LogP contribution >= 0.6 is 0 Å². The number of furan rings is 1. The van der Waals surface area contributed by atoms with Crippen molar-refractivity contribution < 1.29 is 4.42 Å². The van der Waals surface area contributed by atoms with Gasteiger partial charge in [0.1, 0.15) is 11.2 Å². The topological polar surface area (TPSA) is 48.8 Å². The maximum atomic E-state index is 6.54. The van der Waals surface area contributed by atoms with E-state index in [4.69, 9.17) is 14.4 Å². The van der Waals surface area contributed by atoms with Crippen molar-refractivity contribution in [2.24, 2.45) is 0 Å². The van der Waals surface area contributed by atoms with Gasteiger partial charge in [0.15, 0.2) is 5.82 Å². The van der Waals surface area contributed by atoms with Crippen LogP contribution in [-0.4, -0.2) is 19.1 Å². The van der Waals surface area contributed by atoms with E-state index in [1.165, 1.54) is 37.8 Å². The zero-order valence-electron chi connectivity index (χ0n) is 31.7. The number of hydrogen-bond donors (Lipinski definition) is 0. The lowest BCUT2D eigenvalue weighted by atomic mass is 10.1. The van der Waals surface area contributed by atoms with Crippen LogP contribution < -0.4 is 0 Å². The fourth-order valence-corrected chi connectivity index (χ4v) is 9.40. The van der Waals surface area contributed by atoms with Gasteiger partial charge in [0.25, 0.3) is 0 Å². The molecule has 59 heavy (non-hydrogen) atoms. The quantitative estimate of drug-likeness (QED) is 0.180. The molecular formula is C54H32N4O. The number of hydrogen-bond acceptors (Lipinski definition) is 3. The Hall–Kier alpha value is -8.02. The van der Waals surface area contributed by atoms with Crippen LogP contribution in [0.3, 0.4) is 0 Å². The van der Waals surface area contributed by atoms with Crippen LogP contribution in [0.1, 0.15) is 0 Å². The van der Waals surface area contributed by atoms with Gasteiger partial charge < -0.3 is 13.6 Å². The molecule has 0 aliphatic rings. The highest BCUT2D eigenvalue weighted by atomic mass is 16.3. The van der Waals surface area contributed by atoms with Crippen LogP contribution in [-0.2, 0) is 0 Å².